The molecule has 4 rings (SSSR count). The van der Waals surface area contributed by atoms with Gasteiger partial charge in [-0.2, -0.15) is 8.61 Å². The van der Waals surface area contributed by atoms with Crippen LogP contribution < -0.4 is 4.87 Å². The predicted octanol–water partition coefficient (Wildman–Crippen LogP) is 2.09. The molecular formula is C20H23N3O5S3. The van der Waals surface area contributed by atoms with E-state index in [2.05, 4.69) is 0 Å². The van der Waals surface area contributed by atoms with E-state index in [1.165, 1.54) is 20.7 Å². The summed E-state index contributed by atoms with van der Waals surface area (Å²) in [6.07, 6.45) is 0. The van der Waals surface area contributed by atoms with Gasteiger partial charge in [0.15, 0.2) is 0 Å². The molecule has 11 heteroatoms. The van der Waals surface area contributed by atoms with Gasteiger partial charge < -0.3 is 0 Å². The zero-order valence-corrected chi connectivity index (χ0v) is 19.6. The second-order valence-corrected chi connectivity index (χ2v) is 12.2. The minimum Gasteiger partial charge on any atom is -0.299 e. The largest absolute Gasteiger partial charge is 0.308 e. The lowest BCUT2D eigenvalue weighted by Crippen LogP contribution is -2.50. The maximum atomic E-state index is 13.1. The summed E-state index contributed by atoms with van der Waals surface area (Å²) < 4.78 is 56.8. The number of benzene rings is 2. The second kappa shape index (κ2) is 8.14. The highest BCUT2D eigenvalue weighted by atomic mass is 32.2. The first-order valence-electron chi connectivity index (χ1n) is 9.85. The Morgan fingerprint density at radius 2 is 1.35 bits per heavy atom. The molecule has 1 fully saturated rings. The third-order valence-corrected chi connectivity index (χ3v) is 10.2. The van der Waals surface area contributed by atoms with Gasteiger partial charge in [-0.25, -0.2) is 16.8 Å². The summed E-state index contributed by atoms with van der Waals surface area (Å²) in [7, 11) is -7.47. The molecular weight excluding hydrogens is 458 g/mol. The summed E-state index contributed by atoms with van der Waals surface area (Å²) in [5.41, 5.74) is 1.68. The van der Waals surface area contributed by atoms with Crippen LogP contribution >= 0.6 is 11.3 Å². The van der Waals surface area contributed by atoms with Crippen LogP contribution in [0.1, 0.15) is 12.5 Å². The van der Waals surface area contributed by atoms with Crippen molar-refractivity contribution in [3.63, 3.8) is 0 Å². The number of nitrogens with zero attached hydrogens (tertiary/aromatic N) is 3. The van der Waals surface area contributed by atoms with Crippen LogP contribution in [-0.4, -0.2) is 56.2 Å². The number of hydrogen-bond donors (Lipinski definition) is 0. The van der Waals surface area contributed by atoms with Crippen LogP contribution in [0.4, 0.5) is 0 Å². The monoisotopic (exact) mass is 481 g/mol. The van der Waals surface area contributed by atoms with Crippen LogP contribution in [0, 0.1) is 6.92 Å². The molecule has 0 aliphatic carbocycles. The third-order valence-electron chi connectivity index (χ3n) is 5.45. The molecule has 2 heterocycles. The van der Waals surface area contributed by atoms with E-state index in [9.17, 15) is 21.6 Å². The Morgan fingerprint density at radius 1 is 0.839 bits per heavy atom. The topological polar surface area (TPSA) is 96.8 Å². The quantitative estimate of drug-likeness (QED) is 0.556. The third kappa shape index (κ3) is 3.96. The second-order valence-electron chi connectivity index (χ2n) is 7.36. The first-order chi connectivity index (χ1) is 14.6. The number of piperazine rings is 1. The van der Waals surface area contributed by atoms with Crippen LogP contribution in [0.15, 0.2) is 57.1 Å². The van der Waals surface area contributed by atoms with E-state index >= 15 is 0 Å². The first-order valence-corrected chi connectivity index (χ1v) is 13.5. The summed E-state index contributed by atoms with van der Waals surface area (Å²) in [4.78, 5) is 12.2. The highest BCUT2D eigenvalue weighted by Crippen LogP contribution is 2.26. The maximum Gasteiger partial charge on any atom is 0.308 e. The highest BCUT2D eigenvalue weighted by Gasteiger charge is 2.34. The number of sulfonamides is 2. The minimum absolute atomic E-state index is 0.0671. The molecule has 1 aliphatic heterocycles. The van der Waals surface area contributed by atoms with Crippen LogP contribution in [-0.2, 0) is 26.6 Å². The molecule has 166 valence electrons. The molecule has 0 atom stereocenters. The Kier molecular flexibility index (Phi) is 5.81. The Labute approximate surface area is 185 Å². The number of aromatic nitrogens is 1. The normalized spacial score (nSPS) is 16.7. The van der Waals surface area contributed by atoms with Gasteiger partial charge in [0.1, 0.15) is 0 Å². The van der Waals surface area contributed by atoms with Gasteiger partial charge in [0.25, 0.3) is 0 Å². The van der Waals surface area contributed by atoms with E-state index in [1.54, 1.807) is 34.9 Å². The van der Waals surface area contributed by atoms with Gasteiger partial charge in [-0.05, 0) is 44.2 Å². The highest BCUT2D eigenvalue weighted by molar-refractivity contribution is 7.89. The summed E-state index contributed by atoms with van der Waals surface area (Å²) in [5.74, 6) is 0. The smallest absolute Gasteiger partial charge is 0.299 e. The molecule has 3 aromatic rings. The van der Waals surface area contributed by atoms with E-state index < -0.39 is 20.0 Å². The van der Waals surface area contributed by atoms with Crippen LogP contribution in [0.3, 0.4) is 0 Å². The molecule has 2 aromatic carbocycles. The lowest BCUT2D eigenvalue weighted by molar-refractivity contribution is 0.273. The van der Waals surface area contributed by atoms with Crippen LogP contribution in [0.5, 0.6) is 0 Å². The Balaban J connectivity index is 1.54. The molecule has 8 nitrogen and oxygen atoms in total. The summed E-state index contributed by atoms with van der Waals surface area (Å²) in [5, 5.41) is 0. The Hall–Kier alpha value is -2.05. The van der Waals surface area contributed by atoms with Gasteiger partial charge in [-0.3, -0.25) is 9.36 Å². The number of thiazole rings is 1. The standard InChI is InChI=1S/C20H23N3O5S3/c1-3-23-18-9-8-17(14-19(18)29-20(23)24)31(27,28)22-12-10-21(11-13-22)30(25,26)16-6-4-15(2)5-7-16/h4-9,14H,3,10-13H2,1-2H3. The average Bonchev–Trinajstić information content (AvgIpc) is 3.08. The maximum absolute atomic E-state index is 13.1. The molecule has 0 N–H and O–H groups in total. The van der Waals surface area contributed by atoms with Crippen LogP contribution in [0.25, 0.3) is 10.2 Å². The van der Waals surface area contributed by atoms with Gasteiger partial charge in [-0.1, -0.05) is 29.0 Å². The van der Waals surface area contributed by atoms with Crippen LogP contribution in [0.2, 0.25) is 0 Å². The lowest BCUT2D eigenvalue weighted by atomic mass is 10.2. The fraction of sp³-hybridized carbons (Fsp3) is 0.350. The fourth-order valence-electron chi connectivity index (χ4n) is 3.67. The Morgan fingerprint density at radius 3 is 1.90 bits per heavy atom. The fourth-order valence-corrected chi connectivity index (χ4v) is 7.61. The van der Waals surface area contributed by atoms with Gasteiger partial charge in [0.05, 0.1) is 20.0 Å². The van der Waals surface area contributed by atoms with Crippen molar-refractivity contribution in [3.8, 4) is 0 Å². The molecule has 0 spiro atoms. The van der Waals surface area contributed by atoms with Crippen molar-refractivity contribution in [3.05, 3.63) is 57.7 Å². The number of rotatable bonds is 5. The molecule has 31 heavy (non-hydrogen) atoms. The summed E-state index contributed by atoms with van der Waals surface area (Å²) >= 11 is 1.02. The van der Waals surface area contributed by atoms with Crippen molar-refractivity contribution < 1.29 is 16.8 Å². The van der Waals surface area contributed by atoms with Crippen molar-refractivity contribution in [1.29, 1.82) is 0 Å². The van der Waals surface area contributed by atoms with Crippen molar-refractivity contribution in [1.82, 2.24) is 13.2 Å². The van der Waals surface area contributed by atoms with Crippen molar-refractivity contribution >= 4 is 41.6 Å². The average molecular weight is 482 g/mol. The first kappa shape index (κ1) is 22.2. The molecule has 1 aromatic heterocycles. The number of hydrogen-bond acceptors (Lipinski definition) is 6. The van der Waals surface area contributed by atoms with Gasteiger partial charge >= 0.3 is 4.87 Å². The minimum atomic E-state index is -3.80. The van der Waals surface area contributed by atoms with Crippen molar-refractivity contribution in [2.45, 2.75) is 30.2 Å². The zero-order valence-electron chi connectivity index (χ0n) is 17.2. The van der Waals surface area contributed by atoms with Gasteiger partial charge in [0, 0.05) is 32.7 Å². The van der Waals surface area contributed by atoms with E-state index in [1.807, 2.05) is 13.8 Å². The van der Waals surface area contributed by atoms with E-state index in [4.69, 9.17) is 0 Å². The molecule has 0 unspecified atom stereocenters. The van der Waals surface area contributed by atoms with Crippen molar-refractivity contribution in [2.24, 2.45) is 0 Å². The molecule has 0 amide bonds. The summed E-state index contributed by atoms with van der Waals surface area (Å²) in [6, 6.07) is 11.3. The van der Waals surface area contributed by atoms with E-state index in [-0.39, 0.29) is 40.8 Å². The predicted molar refractivity (Wildman–Crippen MR) is 120 cm³/mol. The van der Waals surface area contributed by atoms with Gasteiger partial charge in [0.2, 0.25) is 20.0 Å². The molecule has 1 saturated heterocycles. The summed E-state index contributed by atoms with van der Waals surface area (Å²) in [6.45, 7) is 4.56. The molecule has 0 saturated carbocycles. The van der Waals surface area contributed by atoms with E-state index in [0.717, 1.165) is 16.9 Å². The lowest BCUT2D eigenvalue weighted by Gasteiger charge is -2.33. The van der Waals surface area contributed by atoms with E-state index in [0.29, 0.717) is 16.8 Å². The number of fused-ring (bicyclic) bond motifs is 1. The zero-order chi connectivity index (χ0) is 22.4. The molecule has 0 radical (unpaired) electrons. The number of aryl methyl sites for hydroxylation is 2. The molecule has 1 aliphatic rings. The van der Waals surface area contributed by atoms with Crippen molar-refractivity contribution in [2.75, 3.05) is 26.2 Å². The SMILES string of the molecule is CCn1c(=O)sc2cc(S(=O)(=O)N3CCN(S(=O)(=O)c4ccc(C)cc4)CC3)ccc21. The Bertz CT molecular complexity index is 1380. The molecule has 0 bridgehead atoms. The van der Waals surface area contributed by atoms with Gasteiger partial charge in [-0.15, -0.1) is 0 Å².